The van der Waals surface area contributed by atoms with Crippen molar-refractivity contribution in [1.29, 1.82) is 0 Å². The maximum atomic E-state index is 13.2. The largest absolute Gasteiger partial charge is 0.416 e. The molecule has 3 aliphatic rings. The molecule has 1 aromatic rings. The molecule has 0 radical (unpaired) electrons. The number of hydrogen-bond donors (Lipinski definition) is 0. The number of halogens is 3. The number of hydrogen-bond acceptors (Lipinski definition) is 3. The van der Waals surface area contributed by atoms with Gasteiger partial charge in [-0.2, -0.15) is 13.2 Å². The summed E-state index contributed by atoms with van der Waals surface area (Å²) < 4.78 is 39.7. The van der Waals surface area contributed by atoms with Gasteiger partial charge in [0.25, 0.3) is 0 Å². The van der Waals surface area contributed by atoms with Gasteiger partial charge >= 0.3 is 6.18 Å². The molecule has 3 fully saturated rings. The molecule has 2 aliphatic heterocycles. The van der Waals surface area contributed by atoms with E-state index in [4.69, 9.17) is 0 Å². The Hall–Kier alpha value is -2.09. The summed E-state index contributed by atoms with van der Waals surface area (Å²) in [6, 6.07) is 5.56. The standard InChI is InChI=1S/C21H26F3N3O2/c22-21(23,24)18-6-2-1-5-15(18)16-13-17(16)20(29)27-11-9-25(10-12-27)14-19(28)26-7-3-4-8-26/h1-2,5-6,16-17H,3-4,7-14H2. The molecule has 0 aromatic heterocycles. The maximum Gasteiger partial charge on any atom is 0.416 e. The molecule has 5 nitrogen and oxygen atoms in total. The van der Waals surface area contributed by atoms with Crippen LogP contribution in [0.3, 0.4) is 0 Å². The Morgan fingerprint density at radius 3 is 2.24 bits per heavy atom. The van der Waals surface area contributed by atoms with Gasteiger partial charge in [-0.3, -0.25) is 14.5 Å². The molecule has 2 atom stereocenters. The van der Waals surface area contributed by atoms with Gasteiger partial charge in [-0.25, -0.2) is 0 Å². The quantitative estimate of drug-likeness (QED) is 0.768. The number of likely N-dealkylation sites (tertiary alicyclic amines) is 1. The van der Waals surface area contributed by atoms with E-state index in [0.29, 0.717) is 39.1 Å². The first-order valence-electron chi connectivity index (χ1n) is 10.3. The summed E-state index contributed by atoms with van der Waals surface area (Å²) in [5.41, 5.74) is -0.404. The fourth-order valence-corrected chi connectivity index (χ4v) is 4.51. The molecule has 1 aromatic carbocycles. The number of carbonyl (C=O) groups excluding carboxylic acids is 2. The first kappa shape index (κ1) is 20.2. The summed E-state index contributed by atoms with van der Waals surface area (Å²) in [5, 5.41) is 0. The molecule has 0 N–H and O–H groups in total. The number of nitrogens with zero attached hydrogens (tertiary/aromatic N) is 3. The smallest absolute Gasteiger partial charge is 0.342 e. The predicted molar refractivity (Wildman–Crippen MR) is 101 cm³/mol. The van der Waals surface area contributed by atoms with E-state index in [1.54, 1.807) is 11.0 Å². The number of carbonyl (C=O) groups is 2. The second-order valence-electron chi connectivity index (χ2n) is 8.22. The van der Waals surface area contributed by atoms with Gasteiger partial charge in [-0.05, 0) is 36.8 Å². The van der Waals surface area contributed by atoms with Gasteiger partial charge in [0.15, 0.2) is 0 Å². The third-order valence-electron chi connectivity index (χ3n) is 6.27. The van der Waals surface area contributed by atoms with E-state index in [0.717, 1.165) is 32.0 Å². The third kappa shape index (κ3) is 4.42. The zero-order chi connectivity index (χ0) is 20.6. The lowest BCUT2D eigenvalue weighted by Crippen LogP contribution is -2.51. The van der Waals surface area contributed by atoms with E-state index in [9.17, 15) is 22.8 Å². The summed E-state index contributed by atoms with van der Waals surface area (Å²) in [6.45, 7) is 4.35. The Kier molecular flexibility index (Phi) is 5.55. The first-order valence-corrected chi connectivity index (χ1v) is 10.3. The average molecular weight is 409 g/mol. The van der Waals surface area contributed by atoms with Crippen molar-refractivity contribution in [2.24, 2.45) is 5.92 Å². The summed E-state index contributed by atoms with van der Waals surface area (Å²) in [6.07, 6.45) is -1.80. The van der Waals surface area contributed by atoms with Crippen LogP contribution in [0, 0.1) is 5.92 Å². The minimum Gasteiger partial charge on any atom is -0.342 e. The second kappa shape index (κ2) is 7.97. The molecule has 1 aliphatic carbocycles. The van der Waals surface area contributed by atoms with E-state index >= 15 is 0 Å². The fourth-order valence-electron chi connectivity index (χ4n) is 4.51. The van der Waals surface area contributed by atoms with Gasteiger partial charge < -0.3 is 9.80 Å². The zero-order valence-corrected chi connectivity index (χ0v) is 16.3. The van der Waals surface area contributed by atoms with Crippen molar-refractivity contribution in [2.45, 2.75) is 31.4 Å². The van der Waals surface area contributed by atoms with Crippen LogP contribution < -0.4 is 0 Å². The Labute approximate surface area is 168 Å². The van der Waals surface area contributed by atoms with Crippen molar-refractivity contribution in [2.75, 3.05) is 45.8 Å². The molecule has 2 amide bonds. The molecule has 2 heterocycles. The van der Waals surface area contributed by atoms with Crippen molar-refractivity contribution in [3.05, 3.63) is 35.4 Å². The van der Waals surface area contributed by atoms with Crippen LogP contribution in [-0.2, 0) is 15.8 Å². The van der Waals surface area contributed by atoms with Crippen molar-refractivity contribution < 1.29 is 22.8 Å². The predicted octanol–water partition coefficient (Wildman–Crippen LogP) is 2.58. The average Bonchev–Trinajstić information content (AvgIpc) is 3.30. The monoisotopic (exact) mass is 409 g/mol. The van der Waals surface area contributed by atoms with E-state index in [1.165, 1.54) is 12.1 Å². The highest BCUT2D eigenvalue weighted by molar-refractivity contribution is 5.83. The highest BCUT2D eigenvalue weighted by Crippen LogP contribution is 2.51. The molecule has 4 rings (SSSR count). The van der Waals surface area contributed by atoms with Gasteiger partial charge in [0.2, 0.25) is 11.8 Å². The highest BCUT2D eigenvalue weighted by Gasteiger charge is 2.49. The minimum absolute atomic E-state index is 0.0579. The molecule has 8 heteroatoms. The fraction of sp³-hybridized carbons (Fsp3) is 0.619. The highest BCUT2D eigenvalue weighted by atomic mass is 19.4. The van der Waals surface area contributed by atoms with Crippen LogP contribution in [0.15, 0.2) is 24.3 Å². The lowest BCUT2D eigenvalue weighted by Gasteiger charge is -2.35. The van der Waals surface area contributed by atoms with Gasteiger partial charge in [0, 0.05) is 45.2 Å². The van der Waals surface area contributed by atoms with Crippen molar-refractivity contribution >= 4 is 11.8 Å². The third-order valence-corrected chi connectivity index (χ3v) is 6.27. The van der Waals surface area contributed by atoms with Crippen LogP contribution in [-0.4, -0.2) is 72.3 Å². The molecular formula is C21H26F3N3O2. The Morgan fingerprint density at radius 2 is 1.59 bits per heavy atom. The number of rotatable bonds is 4. The van der Waals surface area contributed by atoms with E-state index < -0.39 is 11.7 Å². The normalized spacial score (nSPS) is 25.3. The van der Waals surface area contributed by atoms with Crippen LogP contribution in [0.5, 0.6) is 0 Å². The van der Waals surface area contributed by atoms with Crippen molar-refractivity contribution in [1.82, 2.24) is 14.7 Å². The molecular weight excluding hydrogens is 383 g/mol. The van der Waals surface area contributed by atoms with Gasteiger partial charge in [0.05, 0.1) is 12.1 Å². The van der Waals surface area contributed by atoms with E-state index in [1.807, 2.05) is 4.90 Å². The summed E-state index contributed by atoms with van der Waals surface area (Å²) in [5.74, 6) is -0.628. The minimum atomic E-state index is -4.40. The lowest BCUT2D eigenvalue weighted by atomic mass is 10.0. The number of benzene rings is 1. The van der Waals surface area contributed by atoms with E-state index in [2.05, 4.69) is 4.90 Å². The van der Waals surface area contributed by atoms with Crippen LogP contribution in [0.4, 0.5) is 13.2 Å². The first-order chi connectivity index (χ1) is 13.8. The van der Waals surface area contributed by atoms with Gasteiger partial charge in [-0.15, -0.1) is 0 Å². The summed E-state index contributed by atoms with van der Waals surface area (Å²) in [7, 11) is 0. The van der Waals surface area contributed by atoms with Crippen LogP contribution in [0.25, 0.3) is 0 Å². The molecule has 158 valence electrons. The Morgan fingerprint density at radius 1 is 0.931 bits per heavy atom. The maximum absolute atomic E-state index is 13.2. The topological polar surface area (TPSA) is 43.9 Å². The lowest BCUT2D eigenvalue weighted by molar-refractivity contribution is -0.139. The Bertz CT molecular complexity index is 769. The van der Waals surface area contributed by atoms with E-state index in [-0.39, 0.29) is 29.2 Å². The molecule has 2 saturated heterocycles. The summed E-state index contributed by atoms with van der Waals surface area (Å²) in [4.78, 5) is 30.8. The molecule has 1 saturated carbocycles. The summed E-state index contributed by atoms with van der Waals surface area (Å²) >= 11 is 0. The molecule has 29 heavy (non-hydrogen) atoms. The molecule has 2 unspecified atom stereocenters. The number of alkyl halides is 3. The van der Waals surface area contributed by atoms with Crippen LogP contribution >= 0.6 is 0 Å². The SMILES string of the molecule is O=C(CN1CCN(C(=O)C2CC2c2ccccc2C(F)(F)F)CC1)N1CCCC1. The molecule has 0 bridgehead atoms. The second-order valence-corrected chi connectivity index (χ2v) is 8.22. The Balaban J connectivity index is 1.30. The molecule has 0 spiro atoms. The van der Waals surface area contributed by atoms with Gasteiger partial charge in [-0.1, -0.05) is 18.2 Å². The zero-order valence-electron chi connectivity index (χ0n) is 16.3. The van der Waals surface area contributed by atoms with Crippen molar-refractivity contribution in [3.8, 4) is 0 Å². The number of amides is 2. The van der Waals surface area contributed by atoms with Crippen LogP contribution in [0.1, 0.15) is 36.3 Å². The van der Waals surface area contributed by atoms with Gasteiger partial charge in [0.1, 0.15) is 0 Å². The van der Waals surface area contributed by atoms with Crippen molar-refractivity contribution in [3.63, 3.8) is 0 Å². The van der Waals surface area contributed by atoms with Crippen LogP contribution in [0.2, 0.25) is 0 Å². The number of piperazine rings is 1.